The summed E-state index contributed by atoms with van der Waals surface area (Å²) in [4.78, 5) is 68.0. The van der Waals surface area contributed by atoms with E-state index in [2.05, 4.69) is 20.9 Å². The van der Waals surface area contributed by atoms with Gasteiger partial charge in [0.1, 0.15) is 23.5 Å². The third-order valence-corrected chi connectivity index (χ3v) is 7.17. The Morgan fingerprint density at radius 1 is 1.15 bits per heavy atom. The molecule has 2 bridgehead atoms. The Morgan fingerprint density at radius 2 is 1.90 bits per heavy atom. The number of aliphatic imine (C=N–C) groups is 1. The number of hydrogen-bond acceptors (Lipinski definition) is 8. The molecule has 218 valence electrons. The van der Waals surface area contributed by atoms with Crippen LogP contribution in [0.3, 0.4) is 0 Å². The summed E-state index contributed by atoms with van der Waals surface area (Å²) in [5, 5.41) is 7.99. The number of fused-ring (bicyclic) bond motifs is 1. The van der Waals surface area contributed by atoms with Crippen LogP contribution in [0.1, 0.15) is 45.6 Å². The molecule has 0 fully saturated rings. The van der Waals surface area contributed by atoms with Crippen LogP contribution < -0.4 is 16.0 Å². The molecule has 2 aliphatic rings. The van der Waals surface area contributed by atoms with Crippen LogP contribution in [0.25, 0.3) is 0 Å². The van der Waals surface area contributed by atoms with E-state index >= 15 is 0 Å². The lowest BCUT2D eigenvalue weighted by molar-refractivity contribution is -0.153. The lowest BCUT2D eigenvalue weighted by Crippen LogP contribution is -2.48. The van der Waals surface area contributed by atoms with Gasteiger partial charge in [0.2, 0.25) is 5.91 Å². The Hall–Kier alpha value is -3.99. The number of amides is 3. The predicted molar refractivity (Wildman–Crippen MR) is 158 cm³/mol. The smallest absolute Gasteiger partial charge is 0.329 e. The number of rotatable bonds is 7. The van der Waals surface area contributed by atoms with Gasteiger partial charge in [0.15, 0.2) is 5.12 Å². The molecule has 0 spiro atoms. The van der Waals surface area contributed by atoms with Gasteiger partial charge in [-0.3, -0.25) is 24.2 Å². The van der Waals surface area contributed by atoms with E-state index in [0.29, 0.717) is 30.7 Å². The van der Waals surface area contributed by atoms with Crippen LogP contribution in [0.5, 0.6) is 0 Å². The minimum atomic E-state index is -1.03. The SMILES string of the molecule is C/C=C1\NC(=O)C2=CCC(=N2)CNC(=O)C[C@@H](/C=C/CCSC(=O)Cc2ccccc2)OC(=O)[C@H](C(C)C)NC1=O. The van der Waals surface area contributed by atoms with Gasteiger partial charge in [0.05, 0.1) is 13.0 Å². The Kier molecular flexibility index (Phi) is 12.1. The summed E-state index contributed by atoms with van der Waals surface area (Å²) < 4.78 is 5.68. The largest absolute Gasteiger partial charge is 0.456 e. The van der Waals surface area contributed by atoms with E-state index in [1.807, 2.05) is 30.3 Å². The van der Waals surface area contributed by atoms with Crippen molar-refractivity contribution in [1.29, 1.82) is 0 Å². The van der Waals surface area contributed by atoms with Crippen molar-refractivity contribution in [3.05, 3.63) is 71.6 Å². The maximum Gasteiger partial charge on any atom is 0.329 e. The number of thioether (sulfide) groups is 1. The zero-order valence-electron chi connectivity index (χ0n) is 23.5. The molecule has 2 heterocycles. The van der Waals surface area contributed by atoms with Crippen LogP contribution in [-0.4, -0.2) is 59.0 Å². The van der Waals surface area contributed by atoms with Crippen LogP contribution in [0, 0.1) is 5.92 Å². The second-order valence-corrected chi connectivity index (χ2v) is 11.0. The molecule has 1 aromatic rings. The molecular formula is C30H36N4O6S. The molecule has 0 unspecified atom stereocenters. The number of ether oxygens (including phenoxy) is 1. The Balaban J connectivity index is 1.69. The predicted octanol–water partition coefficient (Wildman–Crippen LogP) is 2.76. The number of esters is 1. The molecule has 41 heavy (non-hydrogen) atoms. The quantitative estimate of drug-likeness (QED) is 0.195. The van der Waals surface area contributed by atoms with E-state index in [-0.39, 0.29) is 41.3 Å². The van der Waals surface area contributed by atoms with Gasteiger partial charge in [0.25, 0.3) is 11.8 Å². The highest BCUT2D eigenvalue weighted by molar-refractivity contribution is 8.13. The highest BCUT2D eigenvalue weighted by Gasteiger charge is 2.30. The number of allylic oxidation sites excluding steroid dienone is 3. The minimum absolute atomic E-state index is 0.0193. The van der Waals surface area contributed by atoms with Crippen LogP contribution in [-0.2, 0) is 35.1 Å². The molecule has 10 nitrogen and oxygen atoms in total. The second kappa shape index (κ2) is 15.7. The van der Waals surface area contributed by atoms with Gasteiger partial charge >= 0.3 is 5.97 Å². The summed E-state index contributed by atoms with van der Waals surface area (Å²) in [5.41, 5.74) is 1.67. The number of cyclic esters (lactones) is 1. The monoisotopic (exact) mass is 580 g/mol. The van der Waals surface area contributed by atoms with Crippen molar-refractivity contribution < 1.29 is 28.7 Å². The van der Waals surface area contributed by atoms with Gasteiger partial charge < -0.3 is 20.7 Å². The van der Waals surface area contributed by atoms with Gasteiger partial charge in [-0.25, -0.2) is 4.79 Å². The van der Waals surface area contributed by atoms with Crippen LogP contribution in [0.15, 0.2) is 71.0 Å². The standard InChI is InChI=1S/C30H36N4O6S/c1-4-23-28(37)34-27(19(2)3)30(39)40-22(12-8-9-15-41-26(36)16-20-10-6-5-7-11-20)17-25(35)31-18-21-13-14-24(32-21)29(38)33-23/h4-8,10-12,14,19,22,27H,9,13,15-18H2,1-3H3,(H,31,35)(H,33,38)(H,34,37)/b12-8+,23-4-/t22-,27+/m1/s1. The minimum Gasteiger partial charge on any atom is -0.456 e. The maximum absolute atomic E-state index is 13.1. The van der Waals surface area contributed by atoms with Crippen LogP contribution in [0.2, 0.25) is 0 Å². The van der Waals surface area contributed by atoms with Crippen molar-refractivity contribution in [3.8, 4) is 0 Å². The zero-order valence-corrected chi connectivity index (χ0v) is 24.3. The van der Waals surface area contributed by atoms with Crippen LogP contribution in [0.4, 0.5) is 0 Å². The number of nitrogens with one attached hydrogen (secondary N) is 3. The summed E-state index contributed by atoms with van der Waals surface area (Å²) in [6.07, 6.45) is 6.69. The summed E-state index contributed by atoms with van der Waals surface area (Å²) in [7, 11) is 0. The fraction of sp³-hybridized carbons (Fsp3) is 0.400. The molecule has 2 aliphatic heterocycles. The lowest BCUT2D eigenvalue weighted by atomic mass is 10.0. The molecule has 3 amide bonds. The van der Waals surface area contributed by atoms with Gasteiger partial charge in [0, 0.05) is 24.3 Å². The molecule has 3 rings (SSSR count). The number of carbonyl (C=O) groups excluding carboxylic acids is 5. The molecular weight excluding hydrogens is 544 g/mol. The summed E-state index contributed by atoms with van der Waals surface area (Å²) >= 11 is 1.22. The number of carbonyl (C=O) groups is 5. The topological polar surface area (TPSA) is 143 Å². The van der Waals surface area contributed by atoms with Crippen molar-refractivity contribution in [2.75, 3.05) is 12.3 Å². The number of hydrogen-bond donors (Lipinski definition) is 3. The van der Waals surface area contributed by atoms with Gasteiger partial charge in [-0.05, 0) is 37.0 Å². The molecule has 2 atom stereocenters. The third-order valence-electron chi connectivity index (χ3n) is 6.26. The van der Waals surface area contributed by atoms with Crippen molar-refractivity contribution in [1.82, 2.24) is 16.0 Å². The highest BCUT2D eigenvalue weighted by atomic mass is 32.2. The Bertz CT molecular complexity index is 1270. The summed E-state index contributed by atoms with van der Waals surface area (Å²) in [6, 6.07) is 8.48. The molecule has 0 aliphatic carbocycles. The number of nitrogens with zero attached hydrogens (tertiary/aromatic N) is 1. The van der Waals surface area contributed by atoms with Crippen molar-refractivity contribution in [2.45, 2.75) is 58.6 Å². The average molecular weight is 581 g/mol. The van der Waals surface area contributed by atoms with Gasteiger partial charge in [-0.1, -0.05) is 68.1 Å². The number of benzene rings is 1. The van der Waals surface area contributed by atoms with E-state index in [9.17, 15) is 24.0 Å². The molecule has 0 saturated heterocycles. The summed E-state index contributed by atoms with van der Waals surface area (Å²) in [6.45, 7) is 5.22. The highest BCUT2D eigenvalue weighted by Crippen LogP contribution is 2.15. The lowest BCUT2D eigenvalue weighted by Gasteiger charge is -2.24. The van der Waals surface area contributed by atoms with E-state index in [4.69, 9.17) is 4.74 Å². The Morgan fingerprint density at radius 3 is 2.61 bits per heavy atom. The fourth-order valence-electron chi connectivity index (χ4n) is 4.02. The first-order valence-corrected chi connectivity index (χ1v) is 14.5. The average Bonchev–Trinajstić information content (AvgIpc) is 3.42. The van der Waals surface area contributed by atoms with E-state index in [1.54, 1.807) is 39.0 Å². The molecule has 0 aromatic heterocycles. The zero-order chi connectivity index (χ0) is 29.8. The molecule has 0 saturated carbocycles. The second-order valence-electron chi connectivity index (χ2n) is 9.88. The molecule has 0 radical (unpaired) electrons. The third kappa shape index (κ3) is 10.2. The maximum atomic E-state index is 13.1. The molecule has 11 heteroatoms. The van der Waals surface area contributed by atoms with Crippen molar-refractivity contribution in [2.24, 2.45) is 10.9 Å². The van der Waals surface area contributed by atoms with Gasteiger partial charge in [-0.2, -0.15) is 0 Å². The van der Waals surface area contributed by atoms with Crippen molar-refractivity contribution in [3.63, 3.8) is 0 Å². The van der Waals surface area contributed by atoms with E-state index < -0.39 is 29.9 Å². The molecule has 3 N–H and O–H groups in total. The van der Waals surface area contributed by atoms with E-state index in [1.165, 1.54) is 17.8 Å². The van der Waals surface area contributed by atoms with Crippen LogP contribution >= 0.6 is 11.8 Å². The first-order valence-electron chi connectivity index (χ1n) is 13.5. The first kappa shape index (κ1) is 31.5. The normalized spacial score (nSPS) is 21.7. The molecule has 1 aromatic carbocycles. The summed E-state index contributed by atoms with van der Waals surface area (Å²) in [5.74, 6) is -2.08. The Labute approximate surface area is 244 Å². The fourth-order valence-corrected chi connectivity index (χ4v) is 4.77. The van der Waals surface area contributed by atoms with Gasteiger partial charge in [-0.15, -0.1) is 0 Å². The van der Waals surface area contributed by atoms with E-state index in [0.717, 1.165) is 5.56 Å². The first-order chi connectivity index (χ1) is 19.7. The van der Waals surface area contributed by atoms with Crippen molar-refractivity contribution >= 4 is 46.3 Å².